The van der Waals surface area contributed by atoms with E-state index in [1.165, 1.54) is 5.56 Å². The summed E-state index contributed by atoms with van der Waals surface area (Å²) in [5.41, 5.74) is 1.54. The van der Waals surface area contributed by atoms with Gasteiger partial charge < -0.3 is 13.8 Å². The highest BCUT2D eigenvalue weighted by atomic mass is 35.5. The molecule has 2 aromatic heterocycles. The second kappa shape index (κ2) is 7.98. The van der Waals surface area contributed by atoms with Crippen molar-refractivity contribution in [3.05, 3.63) is 65.0 Å². The van der Waals surface area contributed by atoms with Crippen molar-refractivity contribution in [3.63, 3.8) is 0 Å². The molecule has 0 N–H and O–H groups in total. The van der Waals surface area contributed by atoms with Crippen molar-refractivity contribution in [2.45, 2.75) is 6.42 Å². The number of amides is 1. The fraction of sp³-hybridized carbons (Fsp3) is 0.300. The number of carbonyl (C=O) groups excluding carboxylic acids is 1. The highest BCUT2D eigenvalue weighted by molar-refractivity contribution is 6.30. The summed E-state index contributed by atoms with van der Waals surface area (Å²) in [4.78, 5) is 16.8. The van der Waals surface area contributed by atoms with Crippen LogP contribution in [-0.2, 0) is 6.42 Å². The molecule has 1 saturated heterocycles. The third kappa shape index (κ3) is 4.23. The number of nitrogens with zero attached hydrogens (tertiary/aromatic N) is 3. The molecule has 0 unspecified atom stereocenters. The zero-order valence-electron chi connectivity index (χ0n) is 14.8. The van der Waals surface area contributed by atoms with Gasteiger partial charge in [-0.25, -0.2) is 0 Å². The van der Waals surface area contributed by atoms with Gasteiger partial charge in [-0.05, 0) is 36.2 Å². The second-order valence-corrected chi connectivity index (χ2v) is 7.00. The normalized spacial score (nSPS) is 15.2. The van der Waals surface area contributed by atoms with Crippen molar-refractivity contribution in [3.8, 4) is 11.5 Å². The summed E-state index contributed by atoms with van der Waals surface area (Å²) < 4.78 is 10.5. The molecule has 0 saturated carbocycles. The molecule has 0 spiro atoms. The summed E-state index contributed by atoms with van der Waals surface area (Å²) in [7, 11) is 0. The summed E-state index contributed by atoms with van der Waals surface area (Å²) >= 11 is 6.04. The highest BCUT2D eigenvalue weighted by Crippen LogP contribution is 2.21. The molecule has 0 atom stereocenters. The minimum atomic E-state index is -0.106. The molecule has 1 amide bonds. The average Bonchev–Trinajstić information content (AvgIpc) is 3.38. The first-order valence-electron chi connectivity index (χ1n) is 8.96. The van der Waals surface area contributed by atoms with Crippen molar-refractivity contribution in [1.29, 1.82) is 0 Å². The summed E-state index contributed by atoms with van der Waals surface area (Å²) in [6.07, 6.45) is 2.51. The van der Waals surface area contributed by atoms with E-state index in [0.29, 0.717) is 30.3 Å². The molecule has 3 heterocycles. The van der Waals surface area contributed by atoms with Crippen LogP contribution in [0.15, 0.2) is 57.7 Å². The van der Waals surface area contributed by atoms with Crippen LogP contribution in [0.4, 0.5) is 0 Å². The molecule has 1 aliphatic heterocycles. The van der Waals surface area contributed by atoms with Crippen LogP contribution in [-0.4, -0.2) is 53.6 Å². The number of rotatable bonds is 5. The van der Waals surface area contributed by atoms with Gasteiger partial charge in [0.1, 0.15) is 0 Å². The van der Waals surface area contributed by atoms with E-state index >= 15 is 0 Å². The van der Waals surface area contributed by atoms with Gasteiger partial charge in [0.2, 0.25) is 5.76 Å². The third-order valence-electron chi connectivity index (χ3n) is 4.76. The van der Waals surface area contributed by atoms with Gasteiger partial charge in [-0.15, -0.1) is 0 Å². The standard InChI is InChI=1S/C20H20ClN3O3/c21-16-4-1-3-15(13-16)6-7-23-8-10-24(11-9-23)20(25)17-14-19(27-22-17)18-5-2-12-26-18/h1-5,12-14H,6-11H2. The molecule has 0 bridgehead atoms. The Morgan fingerprint density at radius 2 is 1.93 bits per heavy atom. The number of hydrogen-bond acceptors (Lipinski definition) is 5. The summed E-state index contributed by atoms with van der Waals surface area (Å²) in [6, 6.07) is 13.1. The molecular weight excluding hydrogens is 366 g/mol. The Labute approximate surface area is 162 Å². The molecule has 4 rings (SSSR count). The van der Waals surface area contributed by atoms with Crippen LogP contribution < -0.4 is 0 Å². The second-order valence-electron chi connectivity index (χ2n) is 6.57. The first-order valence-corrected chi connectivity index (χ1v) is 9.33. The van der Waals surface area contributed by atoms with Gasteiger partial charge in [0, 0.05) is 43.8 Å². The van der Waals surface area contributed by atoms with Crippen LogP contribution in [0, 0.1) is 0 Å². The van der Waals surface area contributed by atoms with Crippen LogP contribution in [0.1, 0.15) is 16.1 Å². The highest BCUT2D eigenvalue weighted by Gasteiger charge is 2.25. The molecular formula is C20H20ClN3O3. The SMILES string of the molecule is O=C(c1cc(-c2ccco2)on1)N1CCN(CCc2cccc(Cl)c2)CC1. The number of hydrogen-bond donors (Lipinski definition) is 0. The number of piperazine rings is 1. The van der Waals surface area contributed by atoms with E-state index in [0.717, 1.165) is 31.1 Å². The smallest absolute Gasteiger partial charge is 0.276 e. The Morgan fingerprint density at radius 3 is 2.67 bits per heavy atom. The van der Waals surface area contributed by atoms with Crippen molar-refractivity contribution < 1.29 is 13.7 Å². The van der Waals surface area contributed by atoms with E-state index in [1.54, 1.807) is 24.5 Å². The minimum Gasteiger partial charge on any atom is -0.461 e. The summed E-state index contributed by atoms with van der Waals surface area (Å²) in [5, 5.41) is 4.67. The van der Waals surface area contributed by atoms with Crippen molar-refractivity contribution in [1.82, 2.24) is 15.0 Å². The monoisotopic (exact) mass is 385 g/mol. The van der Waals surface area contributed by atoms with Crippen LogP contribution in [0.25, 0.3) is 11.5 Å². The Kier molecular flexibility index (Phi) is 5.27. The predicted molar refractivity (Wildman–Crippen MR) is 102 cm³/mol. The molecule has 140 valence electrons. The molecule has 1 fully saturated rings. The quantitative estimate of drug-likeness (QED) is 0.671. The lowest BCUT2D eigenvalue weighted by atomic mass is 10.1. The van der Waals surface area contributed by atoms with Gasteiger partial charge >= 0.3 is 0 Å². The van der Waals surface area contributed by atoms with E-state index in [9.17, 15) is 4.79 Å². The molecule has 7 heteroatoms. The third-order valence-corrected chi connectivity index (χ3v) is 4.99. The molecule has 1 aliphatic rings. The largest absolute Gasteiger partial charge is 0.461 e. The average molecular weight is 386 g/mol. The van der Waals surface area contributed by atoms with Gasteiger partial charge in [0.15, 0.2) is 11.5 Å². The van der Waals surface area contributed by atoms with Crippen LogP contribution in [0.2, 0.25) is 5.02 Å². The maximum Gasteiger partial charge on any atom is 0.276 e. The Balaban J connectivity index is 1.29. The van der Waals surface area contributed by atoms with Crippen LogP contribution in [0.5, 0.6) is 0 Å². The Hall–Kier alpha value is -2.57. The molecule has 1 aromatic carbocycles. The maximum absolute atomic E-state index is 12.6. The zero-order valence-corrected chi connectivity index (χ0v) is 15.6. The predicted octanol–water partition coefficient (Wildman–Crippen LogP) is 3.59. The maximum atomic E-state index is 12.6. The van der Waals surface area contributed by atoms with E-state index in [1.807, 2.05) is 23.1 Å². The zero-order chi connectivity index (χ0) is 18.6. The van der Waals surface area contributed by atoms with Gasteiger partial charge in [0.05, 0.1) is 6.26 Å². The number of aromatic nitrogens is 1. The van der Waals surface area contributed by atoms with E-state index in [-0.39, 0.29) is 5.91 Å². The first kappa shape index (κ1) is 17.8. The van der Waals surface area contributed by atoms with Crippen LogP contribution >= 0.6 is 11.6 Å². The van der Waals surface area contributed by atoms with Crippen LogP contribution in [0.3, 0.4) is 0 Å². The summed E-state index contributed by atoms with van der Waals surface area (Å²) in [5.74, 6) is 0.918. The molecule has 0 aliphatic carbocycles. The van der Waals surface area contributed by atoms with Crippen molar-refractivity contribution in [2.24, 2.45) is 0 Å². The van der Waals surface area contributed by atoms with Gasteiger partial charge in [-0.3, -0.25) is 9.69 Å². The molecule has 0 radical (unpaired) electrons. The van der Waals surface area contributed by atoms with Gasteiger partial charge in [0.25, 0.3) is 5.91 Å². The van der Waals surface area contributed by atoms with Crippen molar-refractivity contribution >= 4 is 17.5 Å². The Morgan fingerprint density at radius 1 is 1.07 bits per heavy atom. The Bertz CT molecular complexity index is 899. The van der Waals surface area contributed by atoms with Gasteiger partial charge in [-0.1, -0.05) is 28.9 Å². The van der Waals surface area contributed by atoms with Gasteiger partial charge in [-0.2, -0.15) is 0 Å². The lowest BCUT2D eigenvalue weighted by Crippen LogP contribution is -2.49. The lowest BCUT2D eigenvalue weighted by molar-refractivity contribution is 0.0628. The van der Waals surface area contributed by atoms with E-state index < -0.39 is 0 Å². The number of furan rings is 1. The van der Waals surface area contributed by atoms with Crippen molar-refractivity contribution in [2.75, 3.05) is 32.7 Å². The number of benzene rings is 1. The number of halogens is 1. The molecule has 6 nitrogen and oxygen atoms in total. The first-order chi connectivity index (χ1) is 13.2. The fourth-order valence-corrected chi connectivity index (χ4v) is 3.44. The molecule has 3 aromatic rings. The summed E-state index contributed by atoms with van der Waals surface area (Å²) in [6.45, 7) is 3.99. The molecule has 27 heavy (non-hydrogen) atoms. The topological polar surface area (TPSA) is 62.7 Å². The fourth-order valence-electron chi connectivity index (χ4n) is 3.23. The van der Waals surface area contributed by atoms with E-state index in [4.69, 9.17) is 20.5 Å². The van der Waals surface area contributed by atoms with E-state index in [2.05, 4.69) is 16.1 Å². The minimum absolute atomic E-state index is 0.106. The number of carbonyl (C=O) groups is 1. The lowest BCUT2D eigenvalue weighted by Gasteiger charge is -2.34.